The van der Waals surface area contributed by atoms with Crippen LogP contribution < -0.4 is 9.47 Å². The summed E-state index contributed by atoms with van der Waals surface area (Å²) in [6.45, 7) is 2.60. The number of aryl methyl sites for hydroxylation is 1. The Morgan fingerprint density at radius 2 is 1.90 bits per heavy atom. The van der Waals surface area contributed by atoms with Crippen molar-refractivity contribution >= 4 is 17.4 Å². The highest BCUT2D eigenvalue weighted by molar-refractivity contribution is 7.09. The fourth-order valence-electron chi connectivity index (χ4n) is 3.02. The summed E-state index contributed by atoms with van der Waals surface area (Å²) >= 11 is 1.48. The fourth-order valence-corrected chi connectivity index (χ4v) is 3.81. The van der Waals surface area contributed by atoms with Crippen molar-refractivity contribution in [3.63, 3.8) is 0 Å². The van der Waals surface area contributed by atoms with Gasteiger partial charge < -0.3 is 9.47 Å². The zero-order valence-electron chi connectivity index (χ0n) is 15.2. The van der Waals surface area contributed by atoms with Crippen LogP contribution in [0.15, 0.2) is 47.8 Å². The van der Waals surface area contributed by atoms with Gasteiger partial charge in [-0.1, -0.05) is 18.2 Å². The molecule has 4 rings (SSSR count). The van der Waals surface area contributed by atoms with Gasteiger partial charge in [0, 0.05) is 16.6 Å². The topological polar surface area (TPSA) is 51.7 Å². The minimum absolute atomic E-state index is 0.280. The van der Waals surface area contributed by atoms with E-state index >= 15 is 0 Å². The number of aromatic nitrogens is 1. The van der Waals surface area contributed by atoms with Crippen LogP contribution in [0.25, 0.3) is 11.1 Å². The van der Waals surface area contributed by atoms with Crippen LogP contribution >= 0.6 is 11.3 Å². The molecule has 0 spiro atoms. The van der Waals surface area contributed by atoms with E-state index < -0.39 is 12.5 Å². The smallest absolute Gasteiger partial charge is 0.410 e. The molecular weight excluding hydrogens is 405 g/mol. The van der Waals surface area contributed by atoms with E-state index in [4.69, 9.17) is 4.74 Å². The predicted molar refractivity (Wildman–Crippen MR) is 101 cm³/mol. The summed E-state index contributed by atoms with van der Waals surface area (Å²) in [6.07, 6.45) is -5.16. The zero-order chi connectivity index (χ0) is 20.6. The summed E-state index contributed by atoms with van der Waals surface area (Å²) in [4.78, 5) is 18.2. The lowest BCUT2D eigenvalue weighted by atomic mass is 10.0. The maximum absolute atomic E-state index is 12.3. The van der Waals surface area contributed by atoms with Crippen molar-refractivity contribution in [3.05, 3.63) is 64.1 Å². The van der Waals surface area contributed by atoms with Crippen LogP contribution in [0.4, 0.5) is 18.0 Å². The number of nitrogens with zero attached hydrogens (tertiary/aromatic N) is 2. The predicted octanol–water partition coefficient (Wildman–Crippen LogP) is 5.53. The SMILES string of the molecule is Cc1csc(CN2Cc3cc(-c4ccc(OC(F)(F)F)cc4)ccc3OC2=O)n1. The van der Waals surface area contributed by atoms with Gasteiger partial charge in [-0.15, -0.1) is 24.5 Å². The van der Waals surface area contributed by atoms with Crippen molar-refractivity contribution < 1.29 is 27.4 Å². The lowest BCUT2D eigenvalue weighted by Crippen LogP contribution is -2.36. The summed E-state index contributed by atoms with van der Waals surface area (Å²) in [5.41, 5.74) is 3.23. The second-order valence-electron chi connectivity index (χ2n) is 6.50. The Balaban J connectivity index is 1.54. The van der Waals surface area contributed by atoms with Crippen molar-refractivity contribution in [1.29, 1.82) is 0 Å². The van der Waals surface area contributed by atoms with E-state index in [9.17, 15) is 18.0 Å². The van der Waals surface area contributed by atoms with Gasteiger partial charge in [0.15, 0.2) is 0 Å². The second-order valence-corrected chi connectivity index (χ2v) is 7.44. The Bertz CT molecular complexity index is 1050. The highest BCUT2D eigenvalue weighted by Gasteiger charge is 2.31. The standard InChI is InChI=1S/C20H15F3N2O3S/c1-12-11-29-18(24-12)10-25-9-15-8-14(4-7-17(15)27-19(25)26)13-2-5-16(6-3-13)28-20(21,22)23/h2-8,11H,9-10H2,1H3. The lowest BCUT2D eigenvalue weighted by Gasteiger charge is -2.27. The number of halogens is 3. The number of carbonyl (C=O) groups is 1. The van der Waals surface area contributed by atoms with Gasteiger partial charge in [-0.05, 0) is 42.3 Å². The molecule has 0 atom stereocenters. The first-order valence-electron chi connectivity index (χ1n) is 8.64. The minimum atomic E-state index is -4.73. The summed E-state index contributed by atoms with van der Waals surface area (Å²) < 4.78 is 46.2. The molecule has 0 saturated carbocycles. The van der Waals surface area contributed by atoms with Gasteiger partial charge in [0.2, 0.25) is 0 Å². The Kier molecular flexibility index (Phi) is 4.91. The third-order valence-electron chi connectivity index (χ3n) is 4.29. The molecular formula is C20H15F3N2O3S. The normalized spacial score (nSPS) is 13.8. The van der Waals surface area contributed by atoms with E-state index in [2.05, 4.69) is 9.72 Å². The molecule has 9 heteroatoms. The van der Waals surface area contributed by atoms with Gasteiger partial charge in [0.05, 0.1) is 13.1 Å². The van der Waals surface area contributed by atoms with Crippen LogP contribution in [0.3, 0.4) is 0 Å². The summed E-state index contributed by atoms with van der Waals surface area (Å²) in [7, 11) is 0. The quantitative estimate of drug-likeness (QED) is 0.557. The van der Waals surface area contributed by atoms with Crippen LogP contribution in [0.2, 0.25) is 0 Å². The highest BCUT2D eigenvalue weighted by atomic mass is 32.1. The Labute approximate surface area is 168 Å². The first kappa shape index (κ1) is 19.3. The summed E-state index contributed by atoms with van der Waals surface area (Å²) in [6, 6.07) is 10.9. The molecule has 29 heavy (non-hydrogen) atoms. The third-order valence-corrected chi connectivity index (χ3v) is 5.24. The molecule has 2 aromatic carbocycles. The van der Waals surface area contributed by atoms with E-state index in [0.29, 0.717) is 18.8 Å². The number of alkyl halides is 3. The Morgan fingerprint density at radius 1 is 1.17 bits per heavy atom. The molecule has 5 nitrogen and oxygen atoms in total. The maximum atomic E-state index is 12.3. The molecule has 0 bridgehead atoms. The number of carbonyl (C=O) groups excluding carboxylic acids is 1. The number of fused-ring (bicyclic) bond motifs is 1. The number of rotatable bonds is 4. The molecule has 150 valence electrons. The van der Waals surface area contributed by atoms with Crippen LogP contribution in [-0.2, 0) is 13.1 Å². The van der Waals surface area contributed by atoms with Crippen molar-refractivity contribution in [1.82, 2.24) is 9.88 Å². The van der Waals surface area contributed by atoms with Crippen molar-refractivity contribution in [2.45, 2.75) is 26.4 Å². The van der Waals surface area contributed by atoms with E-state index in [-0.39, 0.29) is 5.75 Å². The molecule has 0 N–H and O–H groups in total. The van der Waals surface area contributed by atoms with Crippen molar-refractivity contribution in [2.24, 2.45) is 0 Å². The number of thiazole rings is 1. The van der Waals surface area contributed by atoms with Gasteiger partial charge >= 0.3 is 12.5 Å². The van der Waals surface area contributed by atoms with Gasteiger partial charge in [0.25, 0.3) is 0 Å². The minimum Gasteiger partial charge on any atom is -0.410 e. The lowest BCUT2D eigenvalue weighted by molar-refractivity contribution is -0.274. The van der Waals surface area contributed by atoms with Crippen molar-refractivity contribution in [2.75, 3.05) is 0 Å². The number of amides is 1. The van der Waals surface area contributed by atoms with Gasteiger partial charge in [-0.25, -0.2) is 9.78 Å². The first-order chi connectivity index (χ1) is 13.8. The molecule has 1 aliphatic heterocycles. The fraction of sp³-hybridized carbons (Fsp3) is 0.200. The average Bonchev–Trinajstić information content (AvgIpc) is 3.06. The van der Waals surface area contributed by atoms with Crippen LogP contribution in [0, 0.1) is 6.92 Å². The van der Waals surface area contributed by atoms with E-state index in [1.165, 1.54) is 23.5 Å². The molecule has 0 unspecified atom stereocenters. The summed E-state index contributed by atoms with van der Waals surface area (Å²) in [5, 5.41) is 2.74. The third kappa shape index (κ3) is 4.51. The monoisotopic (exact) mass is 420 g/mol. The largest absolute Gasteiger partial charge is 0.573 e. The molecule has 1 aliphatic rings. The molecule has 2 heterocycles. The second kappa shape index (κ2) is 7.40. The first-order valence-corrected chi connectivity index (χ1v) is 9.52. The van der Waals surface area contributed by atoms with E-state index in [0.717, 1.165) is 27.4 Å². The molecule has 0 fully saturated rings. The molecule has 1 amide bonds. The number of hydrogen-bond donors (Lipinski definition) is 0. The zero-order valence-corrected chi connectivity index (χ0v) is 16.0. The van der Waals surface area contributed by atoms with Crippen LogP contribution in [0.5, 0.6) is 11.5 Å². The molecule has 3 aromatic rings. The van der Waals surface area contributed by atoms with E-state index in [1.807, 2.05) is 18.4 Å². The molecule has 0 aliphatic carbocycles. The van der Waals surface area contributed by atoms with Crippen LogP contribution in [-0.4, -0.2) is 22.3 Å². The molecule has 0 saturated heterocycles. The highest BCUT2D eigenvalue weighted by Crippen LogP contribution is 2.33. The van der Waals surface area contributed by atoms with Gasteiger partial charge in [-0.3, -0.25) is 4.90 Å². The Morgan fingerprint density at radius 3 is 2.55 bits per heavy atom. The molecule has 1 aromatic heterocycles. The number of benzene rings is 2. The number of ether oxygens (including phenoxy) is 2. The number of hydrogen-bond acceptors (Lipinski definition) is 5. The van der Waals surface area contributed by atoms with E-state index in [1.54, 1.807) is 29.2 Å². The van der Waals surface area contributed by atoms with Crippen LogP contribution in [0.1, 0.15) is 16.3 Å². The summed E-state index contributed by atoms with van der Waals surface area (Å²) in [5.74, 6) is 0.195. The van der Waals surface area contributed by atoms with Gasteiger partial charge in [0.1, 0.15) is 16.5 Å². The molecule has 0 radical (unpaired) electrons. The van der Waals surface area contributed by atoms with Gasteiger partial charge in [-0.2, -0.15) is 0 Å². The van der Waals surface area contributed by atoms with Crippen molar-refractivity contribution in [3.8, 4) is 22.6 Å². The average molecular weight is 420 g/mol. The maximum Gasteiger partial charge on any atom is 0.573 e. The Hall–Kier alpha value is -3.07.